The number of halogens is 3. The van der Waals surface area contributed by atoms with Crippen LogP contribution >= 0.6 is 0 Å². The summed E-state index contributed by atoms with van der Waals surface area (Å²) in [7, 11) is 0. The topological polar surface area (TPSA) is 78.4 Å². The first-order valence-corrected chi connectivity index (χ1v) is 13.0. The van der Waals surface area contributed by atoms with E-state index in [4.69, 9.17) is 0 Å². The molecule has 2 N–H and O–H groups in total. The molecule has 1 aliphatic heterocycles. The van der Waals surface area contributed by atoms with E-state index in [0.717, 1.165) is 63.0 Å². The molecule has 1 amide bonds. The Hall–Kier alpha value is -2.68. The maximum atomic E-state index is 13.1. The molecule has 4 bridgehead atoms. The minimum absolute atomic E-state index is 0.0988. The van der Waals surface area contributed by atoms with Crippen LogP contribution in [0.1, 0.15) is 72.6 Å². The van der Waals surface area contributed by atoms with Crippen LogP contribution in [0.5, 0.6) is 0 Å². The van der Waals surface area contributed by atoms with Crippen molar-refractivity contribution >= 4 is 11.7 Å². The summed E-state index contributed by atoms with van der Waals surface area (Å²) in [5, 5.41) is 14.1. The Morgan fingerprint density at radius 3 is 2.39 bits per heavy atom. The van der Waals surface area contributed by atoms with Crippen LogP contribution in [0.3, 0.4) is 0 Å². The summed E-state index contributed by atoms with van der Waals surface area (Å²) in [5.74, 6) is 1.94. The minimum Gasteiger partial charge on any atom is -0.390 e. The van der Waals surface area contributed by atoms with E-state index in [1.165, 1.54) is 6.07 Å². The van der Waals surface area contributed by atoms with Gasteiger partial charge in [-0.2, -0.15) is 13.2 Å². The first-order chi connectivity index (χ1) is 17.2. The number of aliphatic hydroxyl groups is 1. The number of carbonyl (C=O) groups is 1. The van der Waals surface area contributed by atoms with Gasteiger partial charge in [-0.15, -0.1) is 0 Å². The number of hydrogen-bond acceptors (Lipinski definition) is 5. The highest BCUT2D eigenvalue weighted by Crippen LogP contribution is 2.55. The van der Waals surface area contributed by atoms with E-state index in [-0.39, 0.29) is 17.9 Å². The van der Waals surface area contributed by atoms with Crippen molar-refractivity contribution in [1.29, 1.82) is 0 Å². The monoisotopic (exact) mass is 500 g/mol. The third kappa shape index (κ3) is 4.46. The molecule has 192 valence electrons. The zero-order valence-electron chi connectivity index (χ0n) is 20.0. The smallest absolute Gasteiger partial charge is 0.390 e. The van der Waals surface area contributed by atoms with Crippen molar-refractivity contribution in [1.82, 2.24) is 15.3 Å². The van der Waals surface area contributed by atoms with Crippen molar-refractivity contribution in [2.75, 3.05) is 18.0 Å². The summed E-state index contributed by atoms with van der Waals surface area (Å²) >= 11 is 0. The maximum absolute atomic E-state index is 13.1. The normalized spacial score (nSPS) is 32.1. The highest BCUT2D eigenvalue weighted by atomic mass is 19.4. The van der Waals surface area contributed by atoms with Crippen LogP contribution in [0.4, 0.5) is 19.0 Å². The van der Waals surface area contributed by atoms with Gasteiger partial charge in [0.2, 0.25) is 0 Å². The number of pyridine rings is 2. The SMILES string of the molecule is O=C(NC1C2CC3CC1CC(O)(C3)C2)c1cccc(N2CCC(c3ccc(C(F)(F)F)cn3)CC2)n1. The number of nitrogens with zero attached hydrogens (tertiary/aromatic N) is 3. The van der Waals surface area contributed by atoms with Gasteiger partial charge in [0.15, 0.2) is 0 Å². The van der Waals surface area contributed by atoms with Crippen LogP contribution in [0, 0.1) is 17.8 Å². The van der Waals surface area contributed by atoms with E-state index in [9.17, 15) is 23.1 Å². The second-order valence-corrected chi connectivity index (χ2v) is 11.3. The molecule has 5 aliphatic rings. The zero-order chi connectivity index (χ0) is 25.1. The number of aromatic nitrogens is 2. The fourth-order valence-corrected chi connectivity index (χ4v) is 7.39. The Kier molecular flexibility index (Phi) is 5.74. The quantitative estimate of drug-likeness (QED) is 0.644. The van der Waals surface area contributed by atoms with Gasteiger partial charge in [0, 0.05) is 36.9 Å². The Morgan fingerprint density at radius 2 is 1.78 bits per heavy atom. The Labute approximate surface area is 208 Å². The number of amides is 1. The fraction of sp³-hybridized carbons (Fsp3) is 0.593. The molecule has 2 atom stereocenters. The molecule has 1 saturated heterocycles. The van der Waals surface area contributed by atoms with Crippen LogP contribution in [0.15, 0.2) is 36.5 Å². The number of carbonyl (C=O) groups excluding carboxylic acids is 1. The molecule has 36 heavy (non-hydrogen) atoms. The molecule has 0 spiro atoms. The van der Waals surface area contributed by atoms with Gasteiger partial charge in [-0.1, -0.05) is 6.07 Å². The summed E-state index contributed by atoms with van der Waals surface area (Å²) in [5.41, 5.74) is -0.180. The molecule has 7 rings (SSSR count). The summed E-state index contributed by atoms with van der Waals surface area (Å²) in [6.07, 6.45) is 2.68. The van der Waals surface area contributed by atoms with E-state index < -0.39 is 17.3 Å². The molecular formula is C27H31F3N4O2. The molecule has 6 nitrogen and oxygen atoms in total. The predicted octanol–water partition coefficient (Wildman–Crippen LogP) is 4.55. The van der Waals surface area contributed by atoms with E-state index in [0.29, 0.717) is 42.2 Å². The molecular weight excluding hydrogens is 469 g/mol. The first-order valence-electron chi connectivity index (χ1n) is 13.0. The van der Waals surface area contributed by atoms with Gasteiger partial charge in [0.05, 0.1) is 11.2 Å². The molecule has 0 aromatic carbocycles. The molecule has 2 aromatic rings. The third-order valence-electron chi connectivity index (χ3n) is 8.86. The molecule has 5 fully saturated rings. The number of piperidine rings is 1. The van der Waals surface area contributed by atoms with Crippen molar-refractivity contribution < 1.29 is 23.1 Å². The van der Waals surface area contributed by atoms with Gasteiger partial charge in [0.25, 0.3) is 5.91 Å². The standard InChI is InChI=1S/C27H31F3N4O2/c28-27(29,30)20-4-5-21(31-15-20)17-6-8-34(9-7-17)23-3-1-2-22(32-23)25(35)33-24-18-10-16-11-19(24)14-26(36,12-16)13-18/h1-5,15-19,24,36H,6-14H2,(H,33,35). The lowest BCUT2D eigenvalue weighted by atomic mass is 9.52. The molecule has 2 aromatic heterocycles. The lowest BCUT2D eigenvalue weighted by Crippen LogP contribution is -2.61. The van der Waals surface area contributed by atoms with Gasteiger partial charge in [0.1, 0.15) is 11.5 Å². The van der Waals surface area contributed by atoms with E-state index in [1.807, 2.05) is 12.1 Å². The third-order valence-corrected chi connectivity index (χ3v) is 8.86. The van der Waals surface area contributed by atoms with Gasteiger partial charge in [-0.3, -0.25) is 9.78 Å². The zero-order valence-corrected chi connectivity index (χ0v) is 20.0. The van der Waals surface area contributed by atoms with Gasteiger partial charge < -0.3 is 15.3 Å². The van der Waals surface area contributed by atoms with Crippen molar-refractivity contribution in [3.05, 3.63) is 53.5 Å². The Bertz CT molecular complexity index is 1110. The van der Waals surface area contributed by atoms with E-state index in [2.05, 4.69) is 20.2 Å². The van der Waals surface area contributed by atoms with Crippen molar-refractivity contribution in [2.24, 2.45) is 17.8 Å². The minimum atomic E-state index is -4.38. The maximum Gasteiger partial charge on any atom is 0.417 e. The van der Waals surface area contributed by atoms with Crippen LogP contribution < -0.4 is 10.2 Å². The number of rotatable bonds is 4. The fourth-order valence-electron chi connectivity index (χ4n) is 7.39. The molecule has 9 heteroatoms. The number of hydrogen-bond donors (Lipinski definition) is 2. The van der Waals surface area contributed by atoms with E-state index in [1.54, 1.807) is 6.07 Å². The second kappa shape index (κ2) is 8.71. The lowest BCUT2D eigenvalue weighted by molar-refractivity contribution is -0.138. The number of alkyl halides is 3. The van der Waals surface area contributed by atoms with Crippen LogP contribution in [-0.4, -0.2) is 45.7 Å². The largest absolute Gasteiger partial charge is 0.417 e. The van der Waals surface area contributed by atoms with E-state index >= 15 is 0 Å². The van der Waals surface area contributed by atoms with Crippen molar-refractivity contribution in [3.8, 4) is 0 Å². The summed E-state index contributed by atoms with van der Waals surface area (Å²) in [6.45, 7) is 1.39. The number of anilines is 1. The molecule has 4 saturated carbocycles. The van der Waals surface area contributed by atoms with Crippen molar-refractivity contribution in [3.63, 3.8) is 0 Å². The van der Waals surface area contributed by atoms with Gasteiger partial charge in [-0.05, 0) is 87.0 Å². The Balaban J connectivity index is 1.08. The Morgan fingerprint density at radius 1 is 1.06 bits per heavy atom. The molecule has 4 aliphatic carbocycles. The second-order valence-electron chi connectivity index (χ2n) is 11.3. The van der Waals surface area contributed by atoms with Crippen LogP contribution in [0.25, 0.3) is 0 Å². The average molecular weight is 501 g/mol. The van der Waals surface area contributed by atoms with Gasteiger partial charge in [-0.25, -0.2) is 4.98 Å². The summed E-state index contributed by atoms with van der Waals surface area (Å²) in [6, 6.07) is 8.16. The molecule has 3 heterocycles. The predicted molar refractivity (Wildman–Crippen MR) is 127 cm³/mol. The van der Waals surface area contributed by atoms with Crippen LogP contribution in [0.2, 0.25) is 0 Å². The lowest BCUT2D eigenvalue weighted by Gasteiger charge is -2.58. The van der Waals surface area contributed by atoms with Crippen molar-refractivity contribution in [2.45, 2.75) is 68.7 Å². The first kappa shape index (κ1) is 23.7. The number of nitrogens with one attached hydrogen (secondary N) is 1. The summed E-state index contributed by atoms with van der Waals surface area (Å²) < 4.78 is 38.5. The van der Waals surface area contributed by atoms with Crippen LogP contribution in [-0.2, 0) is 6.18 Å². The molecule has 2 unspecified atom stereocenters. The molecule has 0 radical (unpaired) electrons. The van der Waals surface area contributed by atoms with Gasteiger partial charge >= 0.3 is 6.18 Å². The summed E-state index contributed by atoms with van der Waals surface area (Å²) in [4.78, 5) is 24.0. The average Bonchev–Trinajstić information content (AvgIpc) is 2.85. The highest BCUT2D eigenvalue weighted by Gasteiger charge is 2.55. The highest BCUT2D eigenvalue weighted by molar-refractivity contribution is 5.93.